The van der Waals surface area contributed by atoms with Gasteiger partial charge in [-0.1, -0.05) is 6.08 Å². The third-order valence-corrected chi connectivity index (χ3v) is 1.41. The Morgan fingerprint density at radius 3 is 3.00 bits per heavy atom. The predicted octanol–water partition coefficient (Wildman–Crippen LogP) is 0.308. The Hall–Kier alpha value is -0.630. The first-order valence-electron chi connectivity index (χ1n) is 3.06. The van der Waals surface area contributed by atoms with E-state index in [1.165, 1.54) is 0 Å². The van der Waals surface area contributed by atoms with Gasteiger partial charge < -0.3 is 5.32 Å². The predicted molar refractivity (Wildman–Crippen MR) is 35.9 cm³/mol. The zero-order valence-electron chi connectivity index (χ0n) is 5.26. The van der Waals surface area contributed by atoms with Crippen molar-refractivity contribution in [1.82, 2.24) is 5.32 Å². The summed E-state index contributed by atoms with van der Waals surface area (Å²) in [5.41, 5.74) is 0. The summed E-state index contributed by atoms with van der Waals surface area (Å²) < 4.78 is 0. The summed E-state index contributed by atoms with van der Waals surface area (Å²) in [5, 5.41) is 3.03. The number of Topliss-reactive ketones (excluding diaryl/α,β-unsaturated/α-hetero) is 1. The van der Waals surface area contributed by atoms with Gasteiger partial charge in [0.05, 0.1) is 6.04 Å². The lowest BCUT2D eigenvalue weighted by molar-refractivity contribution is -0.117. The monoisotopic (exact) mass is 124 g/mol. The third kappa shape index (κ3) is 1.39. The Kier molecular flexibility index (Phi) is 2.01. The molecule has 0 aromatic heterocycles. The fraction of sp³-hybridized carbons (Fsp3) is 0.429. The Labute approximate surface area is 54.9 Å². The lowest BCUT2D eigenvalue weighted by Gasteiger charge is -2.01. The molecule has 0 aliphatic carbocycles. The van der Waals surface area contributed by atoms with E-state index in [1.807, 2.05) is 0 Å². The largest absolute Gasteiger partial charge is 0.307 e. The minimum absolute atomic E-state index is 0.0532. The SMILES string of the molecule is C=C[CH]C1NCCC1=O. The molecule has 0 spiro atoms. The molecule has 0 bridgehead atoms. The number of hydrogen-bond acceptors (Lipinski definition) is 2. The van der Waals surface area contributed by atoms with Crippen LogP contribution in [0, 0.1) is 6.42 Å². The topological polar surface area (TPSA) is 29.1 Å². The number of carbonyl (C=O) groups excluding carboxylic acids is 1. The fourth-order valence-electron chi connectivity index (χ4n) is 0.932. The van der Waals surface area contributed by atoms with Gasteiger partial charge in [-0.3, -0.25) is 4.79 Å². The number of nitrogens with one attached hydrogen (secondary N) is 1. The second-order valence-electron chi connectivity index (χ2n) is 2.08. The van der Waals surface area contributed by atoms with E-state index < -0.39 is 0 Å². The van der Waals surface area contributed by atoms with Gasteiger partial charge in [0.1, 0.15) is 0 Å². The minimum atomic E-state index is -0.0532. The van der Waals surface area contributed by atoms with Crippen LogP contribution in [-0.4, -0.2) is 18.4 Å². The molecule has 1 heterocycles. The molecular formula is C7H10NO. The lowest BCUT2D eigenvalue weighted by atomic mass is 10.1. The molecule has 1 aliphatic heterocycles. The fourth-order valence-corrected chi connectivity index (χ4v) is 0.932. The Morgan fingerprint density at radius 2 is 2.56 bits per heavy atom. The van der Waals surface area contributed by atoms with Crippen LogP contribution in [0.5, 0.6) is 0 Å². The van der Waals surface area contributed by atoms with E-state index in [-0.39, 0.29) is 11.8 Å². The molecule has 49 valence electrons. The summed E-state index contributed by atoms with van der Waals surface area (Å²) in [6.45, 7) is 4.32. The number of ketones is 1. The van der Waals surface area contributed by atoms with E-state index >= 15 is 0 Å². The quantitative estimate of drug-likeness (QED) is 0.574. The standard InChI is InChI=1S/C7H10NO/c1-2-3-6-7(9)4-5-8-6/h2-3,6,8H,1,4-5H2. The highest BCUT2D eigenvalue weighted by Crippen LogP contribution is 2.02. The first kappa shape index (κ1) is 6.49. The van der Waals surface area contributed by atoms with Crippen LogP contribution in [-0.2, 0) is 4.79 Å². The molecule has 1 N–H and O–H groups in total. The van der Waals surface area contributed by atoms with Gasteiger partial charge in [0.15, 0.2) is 5.78 Å². The molecule has 2 heteroatoms. The van der Waals surface area contributed by atoms with Crippen molar-refractivity contribution in [3.8, 4) is 0 Å². The summed E-state index contributed by atoms with van der Waals surface area (Å²) in [6, 6.07) is -0.0532. The van der Waals surface area contributed by atoms with Crippen molar-refractivity contribution in [2.45, 2.75) is 12.5 Å². The summed E-state index contributed by atoms with van der Waals surface area (Å²) >= 11 is 0. The van der Waals surface area contributed by atoms with Crippen molar-refractivity contribution in [1.29, 1.82) is 0 Å². The van der Waals surface area contributed by atoms with Crippen LogP contribution in [0.3, 0.4) is 0 Å². The smallest absolute Gasteiger partial charge is 0.151 e. The highest BCUT2D eigenvalue weighted by atomic mass is 16.1. The zero-order valence-corrected chi connectivity index (χ0v) is 5.26. The van der Waals surface area contributed by atoms with Crippen molar-refractivity contribution >= 4 is 5.78 Å². The van der Waals surface area contributed by atoms with Gasteiger partial charge in [-0.05, 0) is 0 Å². The van der Waals surface area contributed by atoms with Crippen molar-refractivity contribution < 1.29 is 4.79 Å². The van der Waals surface area contributed by atoms with Crippen LogP contribution < -0.4 is 5.32 Å². The van der Waals surface area contributed by atoms with E-state index in [1.54, 1.807) is 12.5 Å². The maximum atomic E-state index is 10.8. The molecule has 9 heavy (non-hydrogen) atoms. The molecule has 1 saturated heterocycles. The highest BCUT2D eigenvalue weighted by Gasteiger charge is 2.21. The molecule has 2 nitrogen and oxygen atoms in total. The van der Waals surface area contributed by atoms with Crippen molar-refractivity contribution in [2.24, 2.45) is 0 Å². The average Bonchev–Trinajstić information content (AvgIpc) is 2.18. The molecule has 0 saturated carbocycles. The van der Waals surface area contributed by atoms with E-state index in [0.29, 0.717) is 6.42 Å². The highest BCUT2D eigenvalue weighted by molar-refractivity contribution is 5.87. The second-order valence-corrected chi connectivity index (χ2v) is 2.08. The van der Waals surface area contributed by atoms with Gasteiger partial charge in [0.25, 0.3) is 0 Å². The van der Waals surface area contributed by atoms with Crippen LogP contribution in [0.15, 0.2) is 12.7 Å². The van der Waals surface area contributed by atoms with E-state index in [9.17, 15) is 4.79 Å². The number of hydrogen-bond donors (Lipinski definition) is 1. The van der Waals surface area contributed by atoms with Gasteiger partial charge in [-0.25, -0.2) is 0 Å². The Morgan fingerprint density at radius 1 is 1.78 bits per heavy atom. The lowest BCUT2D eigenvalue weighted by Crippen LogP contribution is -2.26. The van der Waals surface area contributed by atoms with Crippen molar-refractivity contribution in [3.05, 3.63) is 19.1 Å². The summed E-state index contributed by atoms with van der Waals surface area (Å²) in [4.78, 5) is 10.8. The Balaban J connectivity index is 2.39. The van der Waals surface area contributed by atoms with Crippen molar-refractivity contribution in [2.75, 3.05) is 6.54 Å². The number of carbonyl (C=O) groups is 1. The molecule has 0 aromatic carbocycles. The van der Waals surface area contributed by atoms with E-state index in [2.05, 4.69) is 11.9 Å². The number of rotatable bonds is 2. The second kappa shape index (κ2) is 2.78. The summed E-state index contributed by atoms with van der Waals surface area (Å²) in [6.07, 6.45) is 4.10. The van der Waals surface area contributed by atoms with Crippen molar-refractivity contribution in [3.63, 3.8) is 0 Å². The first-order valence-corrected chi connectivity index (χ1v) is 3.06. The van der Waals surface area contributed by atoms with Crippen LogP contribution in [0.1, 0.15) is 6.42 Å². The summed E-state index contributed by atoms with van der Waals surface area (Å²) in [5.74, 6) is 0.273. The van der Waals surface area contributed by atoms with Gasteiger partial charge in [0.2, 0.25) is 0 Å². The normalized spacial score (nSPS) is 26.7. The molecule has 1 unspecified atom stereocenters. The average molecular weight is 124 g/mol. The minimum Gasteiger partial charge on any atom is -0.307 e. The van der Waals surface area contributed by atoms with Crippen LogP contribution in [0.2, 0.25) is 0 Å². The third-order valence-electron chi connectivity index (χ3n) is 1.41. The van der Waals surface area contributed by atoms with E-state index in [4.69, 9.17) is 0 Å². The maximum Gasteiger partial charge on any atom is 0.151 e. The maximum absolute atomic E-state index is 10.8. The van der Waals surface area contributed by atoms with Gasteiger partial charge in [0, 0.05) is 19.4 Å². The van der Waals surface area contributed by atoms with Crippen LogP contribution in [0.4, 0.5) is 0 Å². The Bertz CT molecular complexity index is 131. The summed E-state index contributed by atoms with van der Waals surface area (Å²) in [7, 11) is 0. The van der Waals surface area contributed by atoms with Crippen LogP contribution in [0.25, 0.3) is 0 Å². The molecule has 1 aliphatic rings. The molecule has 1 atom stereocenters. The molecular weight excluding hydrogens is 114 g/mol. The zero-order chi connectivity index (χ0) is 6.69. The van der Waals surface area contributed by atoms with Gasteiger partial charge in [-0.15, -0.1) is 6.58 Å². The molecule has 0 amide bonds. The van der Waals surface area contributed by atoms with Gasteiger partial charge in [-0.2, -0.15) is 0 Å². The molecule has 1 fully saturated rings. The van der Waals surface area contributed by atoms with Crippen LogP contribution >= 0.6 is 0 Å². The first-order chi connectivity index (χ1) is 4.34. The molecule has 0 aromatic rings. The molecule has 1 radical (unpaired) electrons. The van der Waals surface area contributed by atoms with Gasteiger partial charge >= 0.3 is 0 Å². The molecule has 1 rings (SSSR count). The van der Waals surface area contributed by atoms with E-state index in [0.717, 1.165) is 6.54 Å².